The van der Waals surface area contributed by atoms with Gasteiger partial charge in [0.05, 0.1) is 11.2 Å². The molecule has 0 unspecified atom stereocenters. The first-order chi connectivity index (χ1) is 15.6. The summed E-state index contributed by atoms with van der Waals surface area (Å²) < 4.78 is 10.7. The number of ether oxygens (including phenoxy) is 2. The molecule has 2 aromatic carbocycles. The summed E-state index contributed by atoms with van der Waals surface area (Å²) in [4.78, 5) is 43.9. The fourth-order valence-electron chi connectivity index (χ4n) is 3.97. The van der Waals surface area contributed by atoms with Crippen LogP contribution in [0.1, 0.15) is 33.6 Å². The number of hydrogen-bond acceptors (Lipinski definition) is 7. The summed E-state index contributed by atoms with van der Waals surface area (Å²) >= 11 is 0. The molecule has 1 aromatic heterocycles. The minimum atomic E-state index is -0.590. The molecular weight excluding hydrogens is 410 g/mol. The van der Waals surface area contributed by atoms with Gasteiger partial charge in [-0.3, -0.25) is 9.59 Å². The number of nitrogens with one attached hydrogen (secondary N) is 1. The lowest BCUT2D eigenvalue weighted by Gasteiger charge is -2.20. The van der Waals surface area contributed by atoms with E-state index in [9.17, 15) is 14.4 Å². The number of carbonyl (C=O) groups is 3. The van der Waals surface area contributed by atoms with Crippen molar-refractivity contribution in [1.82, 2.24) is 4.98 Å². The highest BCUT2D eigenvalue weighted by atomic mass is 16.5. The maximum atomic E-state index is 13.0. The Bertz CT molecular complexity index is 1230. The number of rotatable bonds is 5. The van der Waals surface area contributed by atoms with E-state index in [4.69, 9.17) is 14.5 Å². The molecule has 1 fully saturated rings. The molecule has 0 atom stereocenters. The lowest BCUT2D eigenvalue weighted by Crippen LogP contribution is -2.26. The van der Waals surface area contributed by atoms with E-state index in [1.807, 2.05) is 24.3 Å². The molecule has 1 amide bonds. The van der Waals surface area contributed by atoms with Crippen LogP contribution in [-0.2, 0) is 9.53 Å². The molecule has 0 aliphatic carbocycles. The van der Waals surface area contributed by atoms with Crippen LogP contribution in [0.5, 0.6) is 5.75 Å². The summed E-state index contributed by atoms with van der Waals surface area (Å²) in [5.74, 6) is -0.166. The Morgan fingerprint density at radius 1 is 1.09 bits per heavy atom. The van der Waals surface area contributed by atoms with Gasteiger partial charge >= 0.3 is 5.97 Å². The monoisotopic (exact) mass is 431 g/mol. The van der Waals surface area contributed by atoms with Crippen molar-refractivity contribution in [3.63, 3.8) is 0 Å². The Balaban J connectivity index is 1.36. The smallest absolute Gasteiger partial charge is 0.342 e. The Labute approximate surface area is 184 Å². The quantitative estimate of drug-likeness (QED) is 0.489. The number of carbonyl (C=O) groups excluding carboxylic acids is 3. The van der Waals surface area contributed by atoms with Crippen molar-refractivity contribution in [1.29, 1.82) is 0 Å². The number of fused-ring (bicyclic) bond motifs is 2. The molecule has 2 aliphatic rings. The van der Waals surface area contributed by atoms with Gasteiger partial charge in [0.1, 0.15) is 17.1 Å². The SMILES string of the molecule is O=C1COc2ccc(C(=O)COC(=O)c3cc4ccccc4nc3N3CCCC3)cc2N1. The van der Waals surface area contributed by atoms with Crippen LogP contribution in [-0.4, -0.2) is 48.9 Å². The van der Waals surface area contributed by atoms with Gasteiger partial charge in [0.2, 0.25) is 0 Å². The van der Waals surface area contributed by atoms with Crippen LogP contribution >= 0.6 is 0 Å². The highest BCUT2D eigenvalue weighted by Crippen LogP contribution is 2.29. The molecule has 32 heavy (non-hydrogen) atoms. The largest absolute Gasteiger partial charge is 0.482 e. The number of esters is 1. The lowest BCUT2D eigenvalue weighted by atomic mass is 10.1. The molecule has 1 saturated heterocycles. The minimum Gasteiger partial charge on any atom is -0.482 e. The maximum absolute atomic E-state index is 13.0. The van der Waals surface area contributed by atoms with Gasteiger partial charge in [0.15, 0.2) is 19.0 Å². The van der Waals surface area contributed by atoms with Crippen LogP contribution in [0.15, 0.2) is 48.5 Å². The summed E-state index contributed by atoms with van der Waals surface area (Å²) in [5.41, 5.74) is 1.90. The number of ketones is 1. The third kappa shape index (κ3) is 3.87. The van der Waals surface area contributed by atoms with E-state index < -0.39 is 12.6 Å². The van der Waals surface area contributed by atoms with Crippen molar-refractivity contribution in [2.24, 2.45) is 0 Å². The molecule has 0 radical (unpaired) electrons. The molecule has 1 N–H and O–H groups in total. The molecular formula is C24H21N3O5. The molecule has 162 valence electrons. The van der Waals surface area contributed by atoms with Gasteiger partial charge in [-0.15, -0.1) is 0 Å². The second-order valence-corrected chi connectivity index (χ2v) is 7.79. The first-order valence-corrected chi connectivity index (χ1v) is 10.5. The van der Waals surface area contributed by atoms with Crippen molar-refractivity contribution in [3.8, 4) is 5.75 Å². The van der Waals surface area contributed by atoms with Crippen LogP contribution in [0.2, 0.25) is 0 Å². The lowest BCUT2D eigenvalue weighted by molar-refractivity contribution is -0.118. The zero-order valence-electron chi connectivity index (χ0n) is 17.3. The molecule has 0 saturated carbocycles. The van der Waals surface area contributed by atoms with Crippen molar-refractivity contribution in [2.45, 2.75) is 12.8 Å². The second-order valence-electron chi connectivity index (χ2n) is 7.79. The molecule has 3 aromatic rings. The van der Waals surface area contributed by atoms with Gasteiger partial charge in [-0.1, -0.05) is 18.2 Å². The third-order valence-electron chi connectivity index (χ3n) is 5.60. The number of pyridine rings is 1. The van der Waals surface area contributed by atoms with Crippen molar-refractivity contribution in [2.75, 3.05) is 36.5 Å². The zero-order valence-corrected chi connectivity index (χ0v) is 17.3. The predicted octanol–water partition coefficient (Wildman–Crippen LogP) is 3.21. The van der Waals surface area contributed by atoms with E-state index >= 15 is 0 Å². The van der Waals surface area contributed by atoms with E-state index in [0.29, 0.717) is 28.4 Å². The molecule has 0 bridgehead atoms. The van der Waals surface area contributed by atoms with Crippen LogP contribution in [0.3, 0.4) is 0 Å². The van der Waals surface area contributed by atoms with Crippen LogP contribution in [0.4, 0.5) is 11.5 Å². The van der Waals surface area contributed by atoms with E-state index in [2.05, 4.69) is 10.2 Å². The number of benzene rings is 2. The van der Waals surface area contributed by atoms with E-state index in [-0.39, 0.29) is 18.3 Å². The Hall–Kier alpha value is -3.94. The van der Waals surface area contributed by atoms with E-state index in [1.165, 1.54) is 6.07 Å². The topological polar surface area (TPSA) is 97.8 Å². The summed E-state index contributed by atoms with van der Waals surface area (Å²) in [6.45, 7) is 1.18. The number of aromatic nitrogens is 1. The molecule has 0 spiro atoms. The maximum Gasteiger partial charge on any atom is 0.342 e. The molecule has 5 rings (SSSR count). The number of anilines is 2. The molecule has 2 aliphatic heterocycles. The van der Waals surface area contributed by atoms with Gasteiger partial charge < -0.3 is 19.7 Å². The van der Waals surface area contributed by atoms with Crippen molar-refractivity contribution < 1.29 is 23.9 Å². The normalized spacial score (nSPS) is 15.1. The fraction of sp³-hybridized carbons (Fsp3) is 0.250. The van der Waals surface area contributed by atoms with Gasteiger partial charge in [-0.25, -0.2) is 9.78 Å². The van der Waals surface area contributed by atoms with Crippen molar-refractivity contribution in [3.05, 3.63) is 59.7 Å². The van der Waals surface area contributed by atoms with Gasteiger partial charge in [-0.05, 0) is 43.2 Å². The molecule has 8 nitrogen and oxygen atoms in total. The van der Waals surface area contributed by atoms with Gasteiger partial charge in [-0.2, -0.15) is 0 Å². The van der Waals surface area contributed by atoms with Gasteiger partial charge in [0, 0.05) is 24.0 Å². The van der Waals surface area contributed by atoms with E-state index in [0.717, 1.165) is 36.8 Å². The Morgan fingerprint density at radius 3 is 2.75 bits per heavy atom. The number of para-hydroxylation sites is 1. The molecule has 3 heterocycles. The van der Waals surface area contributed by atoms with E-state index in [1.54, 1.807) is 18.2 Å². The zero-order chi connectivity index (χ0) is 22.1. The average Bonchev–Trinajstić information content (AvgIpc) is 3.36. The average molecular weight is 431 g/mol. The highest BCUT2D eigenvalue weighted by molar-refractivity contribution is 6.04. The Morgan fingerprint density at radius 2 is 1.91 bits per heavy atom. The van der Waals surface area contributed by atoms with Crippen LogP contribution in [0.25, 0.3) is 10.9 Å². The summed E-state index contributed by atoms with van der Waals surface area (Å²) in [6.07, 6.45) is 2.08. The second kappa shape index (κ2) is 8.30. The third-order valence-corrected chi connectivity index (χ3v) is 5.60. The summed E-state index contributed by atoms with van der Waals surface area (Å²) in [5, 5.41) is 3.50. The summed E-state index contributed by atoms with van der Waals surface area (Å²) in [7, 11) is 0. The first-order valence-electron chi connectivity index (χ1n) is 10.5. The summed E-state index contributed by atoms with van der Waals surface area (Å²) in [6, 6.07) is 14.1. The fourth-order valence-corrected chi connectivity index (χ4v) is 3.97. The minimum absolute atomic E-state index is 0.0585. The van der Waals surface area contributed by atoms with Crippen LogP contribution in [0, 0.1) is 0 Å². The number of amides is 1. The predicted molar refractivity (Wildman–Crippen MR) is 118 cm³/mol. The number of hydrogen-bond donors (Lipinski definition) is 1. The number of nitrogens with zero attached hydrogens (tertiary/aromatic N) is 2. The Kier molecular flexibility index (Phi) is 5.18. The standard InChI is InChI=1S/C24H21N3O5/c28-20(16-7-8-21-19(12-16)25-22(29)14-31-21)13-32-24(30)17-11-15-5-1-2-6-18(15)26-23(17)27-9-3-4-10-27/h1-2,5-8,11-12H,3-4,9-10,13-14H2,(H,25,29). The first kappa shape index (κ1) is 20.0. The molecule has 8 heteroatoms. The van der Waals surface area contributed by atoms with Crippen LogP contribution < -0.4 is 15.0 Å². The van der Waals surface area contributed by atoms with Crippen molar-refractivity contribution >= 4 is 40.1 Å². The highest BCUT2D eigenvalue weighted by Gasteiger charge is 2.24. The number of Topliss-reactive ketones (excluding diaryl/α,β-unsaturated/α-hetero) is 1. The van der Waals surface area contributed by atoms with Gasteiger partial charge in [0.25, 0.3) is 5.91 Å².